The lowest BCUT2D eigenvalue weighted by Gasteiger charge is -2.31. The molecule has 3 nitrogen and oxygen atoms in total. The van der Waals surface area contributed by atoms with Gasteiger partial charge in [-0.3, -0.25) is 0 Å². The summed E-state index contributed by atoms with van der Waals surface area (Å²) in [5.74, 6) is 0. The van der Waals surface area contributed by atoms with Crippen molar-refractivity contribution in [2.45, 2.75) is 51.5 Å². The van der Waals surface area contributed by atoms with E-state index < -0.39 is 23.8 Å². The third-order valence-corrected chi connectivity index (χ3v) is 8.04. The van der Waals surface area contributed by atoms with Gasteiger partial charge in [0.1, 0.15) is 0 Å². The van der Waals surface area contributed by atoms with Crippen LogP contribution in [0, 0.1) is 0 Å². The largest absolute Gasteiger partial charge is 0.456 e. The summed E-state index contributed by atoms with van der Waals surface area (Å²) in [4.78, 5) is 0. The van der Waals surface area contributed by atoms with Crippen molar-refractivity contribution in [2.75, 3.05) is 0 Å². The quantitative estimate of drug-likeness (QED) is 0.690. The van der Waals surface area contributed by atoms with E-state index in [0.717, 1.165) is 12.5 Å². The Kier molecular flexibility index (Phi) is 5.61. The Morgan fingerprint density at radius 1 is 1.07 bits per heavy atom. The molecule has 84 valence electrons. The minimum atomic E-state index is -1.57. The molecule has 0 amide bonds. The van der Waals surface area contributed by atoms with Crippen molar-refractivity contribution in [2.24, 2.45) is 0 Å². The average Bonchev–Trinajstić information content (AvgIpc) is 1.78. The monoisotopic (exact) mass is 234 g/mol. The summed E-state index contributed by atoms with van der Waals surface area (Å²) in [5.41, 5.74) is 0. The molecule has 0 heterocycles. The predicted molar refractivity (Wildman–Crippen MR) is 66.3 cm³/mol. The second kappa shape index (κ2) is 5.46. The lowest BCUT2D eigenvalue weighted by Crippen LogP contribution is -2.42. The van der Waals surface area contributed by atoms with Gasteiger partial charge in [-0.25, -0.2) is 0 Å². The highest BCUT2D eigenvalue weighted by Crippen LogP contribution is 2.20. The molecular weight excluding hydrogens is 211 g/mol. The maximum absolute atomic E-state index is 8.72. The topological polar surface area (TPSA) is 49.7 Å². The van der Waals surface area contributed by atoms with Gasteiger partial charge < -0.3 is 14.2 Å². The Morgan fingerprint density at radius 3 is 1.93 bits per heavy atom. The lowest BCUT2D eigenvalue weighted by molar-refractivity contribution is 0.404. The maximum atomic E-state index is 8.72. The van der Waals surface area contributed by atoms with Crippen LogP contribution in [0.25, 0.3) is 0 Å². The van der Waals surface area contributed by atoms with Crippen LogP contribution in [0.2, 0.25) is 45.1 Å². The van der Waals surface area contributed by atoms with Crippen molar-refractivity contribution < 1.29 is 14.2 Å². The van der Waals surface area contributed by atoms with Crippen LogP contribution >= 0.6 is 0 Å². The number of rotatable bonds is 6. The molecule has 0 saturated carbocycles. The molecule has 14 heavy (non-hydrogen) atoms. The van der Waals surface area contributed by atoms with Crippen molar-refractivity contribution in [1.29, 1.82) is 0 Å². The van der Waals surface area contributed by atoms with Crippen LogP contribution in [0.5, 0.6) is 0 Å². The van der Waals surface area contributed by atoms with E-state index in [2.05, 4.69) is 32.7 Å². The van der Waals surface area contributed by atoms with E-state index in [1.807, 2.05) is 0 Å². The van der Waals surface area contributed by atoms with Crippen molar-refractivity contribution in [3.8, 4) is 0 Å². The van der Waals surface area contributed by atoms with E-state index in [0.29, 0.717) is 6.32 Å². The van der Waals surface area contributed by atoms with Gasteiger partial charge in [0.05, 0.1) is 0 Å². The van der Waals surface area contributed by atoms with Gasteiger partial charge in [0.2, 0.25) is 0 Å². The summed E-state index contributed by atoms with van der Waals surface area (Å²) < 4.78 is 6.12. The van der Waals surface area contributed by atoms with Gasteiger partial charge >= 0.3 is 7.12 Å². The molecule has 0 aromatic rings. The zero-order valence-corrected chi connectivity index (χ0v) is 12.0. The zero-order valence-electron chi connectivity index (χ0n) is 10.0. The van der Waals surface area contributed by atoms with Crippen LogP contribution in [-0.4, -0.2) is 33.8 Å². The summed E-state index contributed by atoms with van der Waals surface area (Å²) in [6.45, 7) is 11.0. The summed E-state index contributed by atoms with van der Waals surface area (Å²) in [6.07, 6.45) is 1.31. The molecular formula is C8H23BO3Si2. The Balaban J connectivity index is 3.84. The first-order valence-electron chi connectivity index (χ1n) is 5.19. The zero-order chi connectivity index (χ0) is 11.4. The lowest BCUT2D eigenvalue weighted by atomic mass is 9.85. The summed E-state index contributed by atoms with van der Waals surface area (Å²) >= 11 is 0. The second-order valence-electron chi connectivity index (χ2n) is 5.35. The molecule has 0 aromatic carbocycles. The first-order valence-corrected chi connectivity index (χ1v) is 11.7. The van der Waals surface area contributed by atoms with Crippen molar-refractivity contribution >= 4 is 23.8 Å². The van der Waals surface area contributed by atoms with Gasteiger partial charge in [0, 0.05) is 0 Å². The molecule has 0 fully saturated rings. The van der Waals surface area contributed by atoms with Crippen molar-refractivity contribution in [3.63, 3.8) is 0 Å². The molecule has 0 aliphatic rings. The number of hydrogen-bond acceptors (Lipinski definition) is 3. The fraction of sp³-hybridized carbons (Fsp3) is 1.00. The van der Waals surface area contributed by atoms with Gasteiger partial charge in [0.25, 0.3) is 0 Å². The Hall–Kier alpha value is 0.379. The maximum Gasteiger partial charge on any atom is 0.451 e. The second-order valence-corrected chi connectivity index (χ2v) is 14.4. The average molecular weight is 234 g/mol. The van der Waals surface area contributed by atoms with Crippen LogP contribution < -0.4 is 0 Å². The van der Waals surface area contributed by atoms with Crippen molar-refractivity contribution in [3.05, 3.63) is 0 Å². The molecule has 0 saturated heterocycles. The normalized spacial score (nSPS) is 13.1. The minimum Gasteiger partial charge on any atom is -0.456 e. The van der Waals surface area contributed by atoms with Crippen LogP contribution in [0.15, 0.2) is 0 Å². The van der Waals surface area contributed by atoms with E-state index in [-0.39, 0.29) is 0 Å². The summed E-state index contributed by atoms with van der Waals surface area (Å²) in [7, 11) is -4.16. The van der Waals surface area contributed by atoms with Gasteiger partial charge in [-0.1, -0.05) is 6.42 Å². The van der Waals surface area contributed by atoms with Gasteiger partial charge in [-0.15, -0.1) is 0 Å². The predicted octanol–water partition coefficient (Wildman–Crippen LogP) is 1.91. The highest BCUT2D eigenvalue weighted by atomic mass is 28.4. The molecule has 0 radical (unpaired) electrons. The van der Waals surface area contributed by atoms with Crippen LogP contribution in [-0.2, 0) is 4.12 Å². The molecule has 0 aromatic heterocycles. The highest BCUT2D eigenvalue weighted by molar-refractivity contribution is 6.84. The van der Waals surface area contributed by atoms with Crippen LogP contribution in [0.3, 0.4) is 0 Å². The molecule has 0 aliphatic heterocycles. The van der Waals surface area contributed by atoms with E-state index in [1.165, 1.54) is 0 Å². The number of hydrogen-bond donors (Lipinski definition) is 2. The van der Waals surface area contributed by atoms with E-state index >= 15 is 0 Å². The van der Waals surface area contributed by atoms with Crippen molar-refractivity contribution in [1.82, 2.24) is 0 Å². The Labute approximate surface area is 89.9 Å². The van der Waals surface area contributed by atoms with Gasteiger partial charge in [0.15, 0.2) is 16.6 Å². The standard InChI is InChI=1S/C8H23BO3Si2/c1-13(2,3)12-14(4,5)8-6-7-9(10)11/h10-11H,6-8H2,1-5H3. The minimum absolute atomic E-state index is 0.464. The molecule has 0 rings (SSSR count). The smallest absolute Gasteiger partial charge is 0.451 e. The van der Waals surface area contributed by atoms with E-state index in [9.17, 15) is 0 Å². The van der Waals surface area contributed by atoms with Gasteiger partial charge in [-0.05, 0) is 45.1 Å². The Bertz CT molecular complexity index is 168. The van der Waals surface area contributed by atoms with Crippen LogP contribution in [0.1, 0.15) is 6.42 Å². The molecule has 0 atom stereocenters. The van der Waals surface area contributed by atoms with E-state index in [1.54, 1.807) is 0 Å². The third kappa shape index (κ3) is 8.95. The summed E-state index contributed by atoms with van der Waals surface area (Å²) in [5, 5.41) is 17.4. The SMILES string of the molecule is C[Si](C)(C)O[Si](C)(C)CCCB(O)O. The molecule has 0 aliphatic carbocycles. The first kappa shape index (κ1) is 14.4. The highest BCUT2D eigenvalue weighted by Gasteiger charge is 2.29. The Morgan fingerprint density at radius 2 is 1.57 bits per heavy atom. The fourth-order valence-electron chi connectivity index (χ4n) is 1.59. The molecule has 2 N–H and O–H groups in total. The fourth-order valence-corrected chi connectivity index (χ4v) is 9.69. The van der Waals surface area contributed by atoms with Crippen LogP contribution in [0.4, 0.5) is 0 Å². The van der Waals surface area contributed by atoms with Gasteiger partial charge in [-0.2, -0.15) is 0 Å². The molecule has 0 unspecified atom stereocenters. The molecule has 0 spiro atoms. The summed E-state index contributed by atoms with van der Waals surface area (Å²) in [6, 6.07) is 1.01. The third-order valence-electron chi connectivity index (χ3n) is 1.82. The first-order chi connectivity index (χ1) is 6.12. The molecule has 6 heteroatoms. The van der Waals surface area contributed by atoms with E-state index in [4.69, 9.17) is 14.2 Å². The molecule has 0 bridgehead atoms.